The molecule has 1 aliphatic heterocycles. The van der Waals surface area contributed by atoms with E-state index in [1.54, 1.807) is 6.20 Å². The molecule has 0 spiro atoms. The number of aromatic amines is 1. The molecule has 120 valence electrons. The summed E-state index contributed by atoms with van der Waals surface area (Å²) in [5, 5.41) is 0.785. The highest BCUT2D eigenvalue weighted by molar-refractivity contribution is 6.32. The van der Waals surface area contributed by atoms with E-state index in [0.29, 0.717) is 11.6 Å². The lowest BCUT2D eigenvalue weighted by atomic mass is 9.95. The summed E-state index contributed by atoms with van der Waals surface area (Å²) in [6, 6.07) is 5.95. The van der Waals surface area contributed by atoms with Gasteiger partial charge in [-0.1, -0.05) is 35.9 Å². The number of benzene rings is 1. The van der Waals surface area contributed by atoms with Crippen LogP contribution in [-0.4, -0.2) is 33.9 Å². The minimum atomic E-state index is 0.0341. The van der Waals surface area contributed by atoms with Gasteiger partial charge in [0.15, 0.2) is 0 Å². The van der Waals surface area contributed by atoms with E-state index in [-0.39, 0.29) is 5.91 Å². The van der Waals surface area contributed by atoms with Gasteiger partial charge in [0.1, 0.15) is 5.69 Å². The van der Waals surface area contributed by atoms with Crippen molar-refractivity contribution in [2.24, 2.45) is 5.92 Å². The molecule has 1 saturated heterocycles. The van der Waals surface area contributed by atoms with Crippen LogP contribution in [0.3, 0.4) is 0 Å². The zero-order valence-corrected chi connectivity index (χ0v) is 13.9. The Hall–Kier alpha value is -2.07. The van der Waals surface area contributed by atoms with Crippen molar-refractivity contribution >= 4 is 23.6 Å². The minimum Gasteiger partial charge on any atom is -0.341 e. The van der Waals surface area contributed by atoms with E-state index in [9.17, 15) is 4.79 Å². The van der Waals surface area contributed by atoms with Crippen LogP contribution in [0.15, 0.2) is 36.8 Å². The lowest BCUT2D eigenvalue weighted by Gasteiger charge is -2.30. The van der Waals surface area contributed by atoms with Crippen molar-refractivity contribution in [1.82, 2.24) is 14.9 Å². The number of carbonyl (C=O) groups excluding carboxylic acids is 1. The molecule has 1 fully saturated rings. The zero-order valence-electron chi connectivity index (χ0n) is 13.1. The van der Waals surface area contributed by atoms with Crippen LogP contribution in [0.4, 0.5) is 0 Å². The molecule has 23 heavy (non-hydrogen) atoms. The van der Waals surface area contributed by atoms with Gasteiger partial charge in [-0.05, 0) is 42.9 Å². The summed E-state index contributed by atoms with van der Waals surface area (Å²) in [5.41, 5.74) is 2.83. The third-order valence-corrected chi connectivity index (χ3v) is 4.69. The van der Waals surface area contributed by atoms with Crippen molar-refractivity contribution in [2.45, 2.75) is 19.8 Å². The van der Waals surface area contributed by atoms with E-state index in [1.165, 1.54) is 11.9 Å². The third kappa shape index (κ3) is 3.64. The highest BCUT2D eigenvalue weighted by Crippen LogP contribution is 2.25. The van der Waals surface area contributed by atoms with E-state index >= 15 is 0 Å². The van der Waals surface area contributed by atoms with E-state index in [4.69, 9.17) is 11.6 Å². The number of nitrogens with one attached hydrogen (secondary N) is 1. The van der Waals surface area contributed by atoms with Gasteiger partial charge in [0, 0.05) is 18.1 Å². The van der Waals surface area contributed by atoms with Gasteiger partial charge < -0.3 is 9.88 Å². The number of hydrogen-bond donors (Lipinski definition) is 1. The van der Waals surface area contributed by atoms with Gasteiger partial charge in [0.25, 0.3) is 5.91 Å². The molecule has 0 saturated carbocycles. The van der Waals surface area contributed by atoms with Crippen molar-refractivity contribution in [1.29, 1.82) is 0 Å². The van der Waals surface area contributed by atoms with E-state index in [0.717, 1.165) is 36.5 Å². The number of amides is 1. The molecular weight excluding hydrogens is 310 g/mol. The summed E-state index contributed by atoms with van der Waals surface area (Å²) in [7, 11) is 0. The molecule has 2 aromatic rings. The molecule has 0 aliphatic carbocycles. The van der Waals surface area contributed by atoms with Crippen LogP contribution < -0.4 is 0 Å². The highest BCUT2D eigenvalue weighted by atomic mass is 35.5. The third-order valence-electron chi connectivity index (χ3n) is 4.36. The number of likely N-dealkylation sites (tertiary alicyclic amines) is 1. The molecule has 1 amide bonds. The number of hydrogen-bond acceptors (Lipinski definition) is 2. The second-order valence-electron chi connectivity index (χ2n) is 5.92. The van der Waals surface area contributed by atoms with Gasteiger partial charge in [-0.2, -0.15) is 0 Å². The van der Waals surface area contributed by atoms with Gasteiger partial charge in [-0.15, -0.1) is 0 Å². The van der Waals surface area contributed by atoms with Crippen molar-refractivity contribution in [3.8, 4) is 0 Å². The fourth-order valence-electron chi connectivity index (χ4n) is 2.93. The number of H-pyrrole nitrogens is 1. The monoisotopic (exact) mass is 329 g/mol. The van der Waals surface area contributed by atoms with Crippen LogP contribution in [0.5, 0.6) is 0 Å². The molecule has 1 aliphatic rings. The number of piperidine rings is 1. The second kappa shape index (κ2) is 7.01. The maximum atomic E-state index is 12.3. The van der Waals surface area contributed by atoms with Crippen molar-refractivity contribution in [3.05, 3.63) is 58.6 Å². The Labute approximate surface area is 141 Å². The number of aromatic nitrogens is 2. The predicted molar refractivity (Wildman–Crippen MR) is 92.4 cm³/mol. The Morgan fingerprint density at radius 1 is 1.39 bits per heavy atom. The molecule has 0 radical (unpaired) electrons. The Morgan fingerprint density at radius 3 is 2.83 bits per heavy atom. The van der Waals surface area contributed by atoms with E-state index in [1.807, 2.05) is 17.0 Å². The second-order valence-corrected chi connectivity index (χ2v) is 6.33. The number of rotatable bonds is 3. The first-order chi connectivity index (χ1) is 11.1. The smallest absolute Gasteiger partial charge is 0.271 e. The van der Waals surface area contributed by atoms with Crippen molar-refractivity contribution < 1.29 is 4.79 Å². The number of imidazole rings is 1. The fraction of sp³-hybridized carbons (Fsp3) is 0.333. The Balaban J connectivity index is 1.59. The first-order valence-corrected chi connectivity index (χ1v) is 8.24. The Morgan fingerprint density at radius 2 is 2.17 bits per heavy atom. The Bertz CT molecular complexity index is 681. The number of carbonyl (C=O) groups is 1. The summed E-state index contributed by atoms with van der Waals surface area (Å²) in [5.74, 6) is 0.517. The standard InChI is InChI=1S/C18H20ClN3O/c1-13-3-2-4-16(19)15(13)6-5-14-7-9-22(10-8-14)18(23)17-11-20-12-21-17/h2-6,11-12,14H,7-10H2,1H3,(H,20,21). The van der Waals surface area contributed by atoms with Crippen molar-refractivity contribution in [3.63, 3.8) is 0 Å². The number of aryl methyl sites for hydroxylation is 1. The summed E-state index contributed by atoms with van der Waals surface area (Å²) >= 11 is 6.26. The molecule has 1 aromatic carbocycles. The van der Waals surface area contributed by atoms with Crippen molar-refractivity contribution in [2.75, 3.05) is 13.1 Å². The van der Waals surface area contributed by atoms with Crippen LogP contribution in [0, 0.1) is 12.8 Å². The van der Waals surface area contributed by atoms with Crippen LogP contribution in [0.1, 0.15) is 34.5 Å². The SMILES string of the molecule is Cc1cccc(Cl)c1C=CC1CCN(C(=O)c2cnc[nH]2)CC1. The Kier molecular flexibility index (Phi) is 4.82. The lowest BCUT2D eigenvalue weighted by Crippen LogP contribution is -2.38. The number of allylic oxidation sites excluding steroid dienone is 1. The quantitative estimate of drug-likeness (QED) is 0.927. The van der Waals surface area contributed by atoms with Crippen LogP contribution in [-0.2, 0) is 0 Å². The van der Waals surface area contributed by atoms with Gasteiger partial charge in [0.2, 0.25) is 0 Å². The molecule has 4 nitrogen and oxygen atoms in total. The molecule has 1 aromatic heterocycles. The molecule has 1 N–H and O–H groups in total. The largest absolute Gasteiger partial charge is 0.341 e. The van der Waals surface area contributed by atoms with Gasteiger partial charge in [-0.3, -0.25) is 4.79 Å². The minimum absolute atomic E-state index is 0.0341. The van der Waals surface area contributed by atoms with Crippen LogP contribution in [0.25, 0.3) is 6.08 Å². The summed E-state index contributed by atoms with van der Waals surface area (Å²) in [6.45, 7) is 3.61. The fourth-order valence-corrected chi connectivity index (χ4v) is 3.21. The molecule has 0 bridgehead atoms. The first kappa shape index (κ1) is 15.8. The highest BCUT2D eigenvalue weighted by Gasteiger charge is 2.23. The molecule has 0 atom stereocenters. The molecular formula is C18H20ClN3O. The number of nitrogens with zero attached hydrogens (tertiary/aromatic N) is 2. The van der Waals surface area contributed by atoms with E-state index < -0.39 is 0 Å². The topological polar surface area (TPSA) is 49.0 Å². The maximum absolute atomic E-state index is 12.3. The lowest BCUT2D eigenvalue weighted by molar-refractivity contribution is 0.0700. The zero-order chi connectivity index (χ0) is 16.2. The molecule has 0 unspecified atom stereocenters. The predicted octanol–water partition coefficient (Wildman–Crippen LogP) is 3.94. The number of halogens is 1. The first-order valence-electron chi connectivity index (χ1n) is 7.86. The molecule has 5 heteroatoms. The molecule has 3 rings (SSSR count). The normalized spacial score (nSPS) is 16.2. The van der Waals surface area contributed by atoms with Gasteiger partial charge in [0.05, 0.1) is 12.5 Å². The van der Waals surface area contributed by atoms with Crippen LogP contribution >= 0.6 is 11.6 Å². The maximum Gasteiger partial charge on any atom is 0.271 e. The van der Waals surface area contributed by atoms with Gasteiger partial charge >= 0.3 is 0 Å². The summed E-state index contributed by atoms with van der Waals surface area (Å²) in [4.78, 5) is 20.9. The summed E-state index contributed by atoms with van der Waals surface area (Å²) < 4.78 is 0. The van der Waals surface area contributed by atoms with E-state index in [2.05, 4.69) is 35.1 Å². The molecule has 2 heterocycles. The average Bonchev–Trinajstić information content (AvgIpc) is 3.09. The summed E-state index contributed by atoms with van der Waals surface area (Å²) in [6.07, 6.45) is 9.41. The average molecular weight is 330 g/mol. The van der Waals surface area contributed by atoms with Crippen LogP contribution in [0.2, 0.25) is 5.02 Å². The van der Waals surface area contributed by atoms with Gasteiger partial charge in [-0.25, -0.2) is 4.98 Å².